The molecule has 1 unspecified atom stereocenters. The van der Waals surface area contributed by atoms with Crippen LogP contribution in [0.2, 0.25) is 0 Å². The minimum atomic E-state index is -0.183. The number of rotatable bonds is 7. The molecule has 1 aromatic carbocycles. The molecular weight excluding hydrogens is 295 g/mol. The van der Waals surface area contributed by atoms with Crippen LogP contribution in [-0.2, 0) is 6.42 Å². The summed E-state index contributed by atoms with van der Waals surface area (Å²) in [6.07, 6.45) is 4.59. The summed E-state index contributed by atoms with van der Waals surface area (Å²) in [4.78, 5) is 0. The molecule has 0 saturated carbocycles. The van der Waals surface area contributed by atoms with E-state index in [-0.39, 0.29) is 17.8 Å². The summed E-state index contributed by atoms with van der Waals surface area (Å²) < 4.78 is 14.7. The van der Waals surface area contributed by atoms with Crippen LogP contribution in [0.1, 0.15) is 45.1 Å². The summed E-state index contributed by atoms with van der Waals surface area (Å²) >= 11 is 3.37. The molecule has 18 heavy (non-hydrogen) atoms. The number of hydrogen-bond donors (Lipinski definition) is 1. The van der Waals surface area contributed by atoms with Gasteiger partial charge in [0, 0.05) is 11.1 Å². The average Bonchev–Trinajstić information content (AvgIpc) is 2.39. The lowest BCUT2D eigenvalue weighted by molar-refractivity contribution is 0.106. The summed E-state index contributed by atoms with van der Waals surface area (Å²) in [5.41, 5.74) is 0.508. The Labute approximate surface area is 118 Å². The van der Waals surface area contributed by atoms with Crippen LogP contribution >= 0.6 is 15.9 Å². The second-order valence-electron chi connectivity index (χ2n) is 5.03. The lowest BCUT2D eigenvalue weighted by atomic mass is 9.76. The second kappa shape index (κ2) is 7.25. The zero-order chi connectivity index (χ0) is 13.6. The molecule has 1 aromatic rings. The highest BCUT2D eigenvalue weighted by molar-refractivity contribution is 9.10. The predicted octanol–water partition coefficient (Wildman–Crippen LogP) is 4.71. The summed E-state index contributed by atoms with van der Waals surface area (Å²) in [5, 5.41) is 9.69. The Morgan fingerprint density at radius 3 is 2.61 bits per heavy atom. The van der Waals surface area contributed by atoms with Crippen molar-refractivity contribution in [1.29, 1.82) is 0 Å². The molecule has 0 radical (unpaired) electrons. The van der Waals surface area contributed by atoms with Crippen molar-refractivity contribution in [1.82, 2.24) is 0 Å². The summed E-state index contributed by atoms with van der Waals surface area (Å²) in [6.45, 7) is 4.33. The Bertz CT molecular complexity index is 375. The lowest BCUT2D eigenvalue weighted by Crippen LogP contribution is -2.28. The van der Waals surface area contributed by atoms with Gasteiger partial charge in [0.2, 0.25) is 0 Å². The van der Waals surface area contributed by atoms with Crippen molar-refractivity contribution < 1.29 is 9.50 Å². The van der Waals surface area contributed by atoms with Gasteiger partial charge in [0.05, 0.1) is 0 Å². The molecule has 0 bridgehead atoms. The van der Waals surface area contributed by atoms with Gasteiger partial charge in [0.25, 0.3) is 0 Å². The molecule has 1 rings (SSSR count). The molecule has 102 valence electrons. The Morgan fingerprint density at radius 1 is 1.33 bits per heavy atom. The molecule has 0 amide bonds. The fourth-order valence-electron chi connectivity index (χ4n) is 2.27. The monoisotopic (exact) mass is 316 g/mol. The number of aliphatic hydroxyl groups is 1. The smallest absolute Gasteiger partial charge is 0.126 e. The number of benzene rings is 1. The van der Waals surface area contributed by atoms with Crippen molar-refractivity contribution in [2.45, 2.75) is 46.0 Å². The highest BCUT2D eigenvalue weighted by Crippen LogP contribution is 2.34. The SMILES string of the molecule is CCCCC(CC)(CO)Cc1cc(Br)ccc1F. The van der Waals surface area contributed by atoms with Crippen molar-refractivity contribution in [2.24, 2.45) is 5.41 Å². The molecule has 0 fully saturated rings. The molecule has 1 N–H and O–H groups in total. The van der Waals surface area contributed by atoms with Gasteiger partial charge in [-0.05, 0) is 48.4 Å². The first kappa shape index (κ1) is 15.6. The van der Waals surface area contributed by atoms with E-state index in [0.29, 0.717) is 12.0 Å². The van der Waals surface area contributed by atoms with E-state index in [1.807, 2.05) is 6.07 Å². The van der Waals surface area contributed by atoms with Gasteiger partial charge in [-0.1, -0.05) is 42.6 Å². The number of unbranched alkanes of at least 4 members (excludes halogenated alkanes) is 1. The van der Waals surface area contributed by atoms with E-state index in [2.05, 4.69) is 29.8 Å². The minimum absolute atomic E-state index is 0.120. The van der Waals surface area contributed by atoms with E-state index < -0.39 is 0 Å². The van der Waals surface area contributed by atoms with Crippen molar-refractivity contribution in [3.63, 3.8) is 0 Å². The molecule has 0 heterocycles. The van der Waals surface area contributed by atoms with E-state index in [1.165, 1.54) is 6.07 Å². The molecule has 0 aromatic heterocycles. The quantitative estimate of drug-likeness (QED) is 0.772. The van der Waals surface area contributed by atoms with Crippen LogP contribution in [0.4, 0.5) is 4.39 Å². The van der Waals surface area contributed by atoms with Crippen LogP contribution in [0.25, 0.3) is 0 Å². The van der Waals surface area contributed by atoms with Crippen molar-refractivity contribution >= 4 is 15.9 Å². The molecule has 1 nitrogen and oxygen atoms in total. The van der Waals surface area contributed by atoms with Crippen molar-refractivity contribution in [3.8, 4) is 0 Å². The topological polar surface area (TPSA) is 20.2 Å². The first-order chi connectivity index (χ1) is 8.56. The van der Waals surface area contributed by atoms with E-state index in [9.17, 15) is 9.50 Å². The molecule has 3 heteroatoms. The predicted molar refractivity (Wildman–Crippen MR) is 77.1 cm³/mol. The molecule has 0 spiro atoms. The Kier molecular flexibility index (Phi) is 6.30. The molecule has 1 atom stereocenters. The van der Waals surface area contributed by atoms with E-state index in [4.69, 9.17) is 0 Å². The Morgan fingerprint density at radius 2 is 2.06 bits per heavy atom. The van der Waals surface area contributed by atoms with Gasteiger partial charge in [-0.3, -0.25) is 0 Å². The zero-order valence-electron chi connectivity index (χ0n) is 11.2. The van der Waals surface area contributed by atoms with Gasteiger partial charge in [0.1, 0.15) is 5.82 Å². The third-order valence-electron chi connectivity index (χ3n) is 3.72. The molecule has 0 saturated heterocycles. The standard InChI is InChI=1S/C15H22BrFO/c1-3-5-8-15(4-2,11-18)10-12-9-13(16)6-7-14(12)17/h6-7,9,18H,3-5,8,10-11H2,1-2H3. The van der Waals surface area contributed by atoms with Gasteiger partial charge in [-0.15, -0.1) is 0 Å². The number of hydrogen-bond acceptors (Lipinski definition) is 1. The Hall–Kier alpha value is -0.410. The summed E-state index contributed by atoms with van der Waals surface area (Å²) in [7, 11) is 0. The fraction of sp³-hybridized carbons (Fsp3) is 0.600. The summed E-state index contributed by atoms with van der Waals surface area (Å²) in [5.74, 6) is -0.180. The third-order valence-corrected chi connectivity index (χ3v) is 4.21. The van der Waals surface area contributed by atoms with Crippen LogP contribution in [0.15, 0.2) is 22.7 Å². The zero-order valence-corrected chi connectivity index (χ0v) is 12.8. The first-order valence-corrected chi connectivity index (χ1v) is 7.41. The van der Waals surface area contributed by atoms with Gasteiger partial charge in [-0.25, -0.2) is 4.39 Å². The first-order valence-electron chi connectivity index (χ1n) is 6.61. The van der Waals surface area contributed by atoms with Crippen LogP contribution in [0.3, 0.4) is 0 Å². The van der Waals surface area contributed by atoms with Crippen LogP contribution < -0.4 is 0 Å². The van der Waals surface area contributed by atoms with Crippen molar-refractivity contribution in [2.75, 3.05) is 6.61 Å². The van der Waals surface area contributed by atoms with Gasteiger partial charge in [0.15, 0.2) is 0 Å². The number of aliphatic hydroxyl groups excluding tert-OH is 1. The van der Waals surface area contributed by atoms with Crippen molar-refractivity contribution in [3.05, 3.63) is 34.1 Å². The normalized spacial score (nSPS) is 14.5. The van der Waals surface area contributed by atoms with E-state index in [0.717, 1.165) is 30.2 Å². The maximum Gasteiger partial charge on any atom is 0.126 e. The van der Waals surface area contributed by atoms with E-state index >= 15 is 0 Å². The van der Waals surface area contributed by atoms with E-state index in [1.54, 1.807) is 6.07 Å². The largest absolute Gasteiger partial charge is 0.396 e. The minimum Gasteiger partial charge on any atom is -0.396 e. The van der Waals surface area contributed by atoms with Crippen LogP contribution in [-0.4, -0.2) is 11.7 Å². The molecular formula is C15H22BrFO. The lowest BCUT2D eigenvalue weighted by Gasteiger charge is -2.31. The maximum atomic E-state index is 13.8. The molecule has 0 aliphatic rings. The van der Waals surface area contributed by atoms with Crippen LogP contribution in [0.5, 0.6) is 0 Å². The number of halogens is 2. The van der Waals surface area contributed by atoms with Crippen LogP contribution in [0, 0.1) is 11.2 Å². The maximum absolute atomic E-state index is 13.8. The average molecular weight is 317 g/mol. The van der Waals surface area contributed by atoms with Gasteiger partial charge < -0.3 is 5.11 Å². The van der Waals surface area contributed by atoms with Gasteiger partial charge in [-0.2, -0.15) is 0 Å². The third kappa shape index (κ3) is 4.06. The fourth-order valence-corrected chi connectivity index (χ4v) is 2.68. The summed E-state index contributed by atoms with van der Waals surface area (Å²) in [6, 6.07) is 5.01. The molecule has 0 aliphatic carbocycles. The second-order valence-corrected chi connectivity index (χ2v) is 5.94. The highest BCUT2D eigenvalue weighted by atomic mass is 79.9. The Balaban J connectivity index is 2.91. The molecule has 0 aliphatic heterocycles. The highest BCUT2D eigenvalue weighted by Gasteiger charge is 2.28. The van der Waals surface area contributed by atoms with Gasteiger partial charge >= 0.3 is 0 Å².